The molecule has 6 heteroatoms. The minimum absolute atomic E-state index is 0.120. The highest BCUT2D eigenvalue weighted by atomic mass is 79.9. The van der Waals surface area contributed by atoms with E-state index in [1.54, 1.807) is 11.3 Å². The summed E-state index contributed by atoms with van der Waals surface area (Å²) in [5.74, 6) is -0.120. The van der Waals surface area contributed by atoms with E-state index in [2.05, 4.69) is 26.2 Å². The van der Waals surface area contributed by atoms with Crippen molar-refractivity contribution in [3.8, 4) is 10.6 Å². The Balaban J connectivity index is 1.79. The second-order valence-corrected chi connectivity index (χ2v) is 8.24. The quantitative estimate of drug-likeness (QED) is 0.638. The number of benzene rings is 1. The topological polar surface area (TPSA) is 42.0 Å². The van der Waals surface area contributed by atoms with Crippen molar-refractivity contribution < 1.29 is 4.79 Å². The smallest absolute Gasteiger partial charge is 0.257 e. The largest absolute Gasteiger partial charge is 0.298 e. The van der Waals surface area contributed by atoms with Gasteiger partial charge in [-0.25, -0.2) is 4.98 Å². The van der Waals surface area contributed by atoms with Crippen LogP contribution < -0.4 is 5.32 Å². The second kappa shape index (κ2) is 6.32. The molecule has 0 aliphatic rings. The lowest BCUT2D eigenvalue weighted by Crippen LogP contribution is -2.13. The fraction of sp³-hybridized carbons (Fsp3) is 0.125. The molecule has 2 aromatic heterocycles. The van der Waals surface area contributed by atoms with Gasteiger partial charge in [-0.1, -0.05) is 17.7 Å². The van der Waals surface area contributed by atoms with E-state index >= 15 is 0 Å². The summed E-state index contributed by atoms with van der Waals surface area (Å²) in [5, 5.41) is 5.45. The first-order valence-corrected chi connectivity index (χ1v) is 9.11. The van der Waals surface area contributed by atoms with Crippen LogP contribution in [-0.4, -0.2) is 10.9 Å². The molecule has 0 unspecified atom stereocenters. The minimum atomic E-state index is -0.120. The third-order valence-electron chi connectivity index (χ3n) is 3.18. The van der Waals surface area contributed by atoms with Crippen molar-refractivity contribution in [1.82, 2.24) is 4.98 Å². The molecule has 0 spiro atoms. The molecule has 0 saturated carbocycles. The highest BCUT2D eigenvalue weighted by Gasteiger charge is 2.12. The lowest BCUT2D eigenvalue weighted by atomic mass is 10.1. The number of hydrogen-bond acceptors (Lipinski definition) is 4. The molecule has 22 heavy (non-hydrogen) atoms. The SMILES string of the molecule is Cc1ccc(C(=O)Nc2nc(-c3ccc(Br)s3)cs2)c(C)c1. The Bertz CT molecular complexity index is 838. The molecule has 3 rings (SSSR count). The standard InChI is InChI=1S/C16H13BrN2OS2/c1-9-3-4-11(10(2)7-9)15(20)19-16-18-12(8-21-16)13-5-6-14(17)22-13/h3-8H,1-2H3,(H,18,19,20). The molecule has 3 nitrogen and oxygen atoms in total. The first-order chi connectivity index (χ1) is 10.5. The molecule has 1 aromatic carbocycles. The fourth-order valence-electron chi connectivity index (χ4n) is 2.13. The van der Waals surface area contributed by atoms with Gasteiger partial charge >= 0.3 is 0 Å². The molecule has 1 amide bonds. The van der Waals surface area contributed by atoms with E-state index in [1.807, 2.05) is 49.6 Å². The highest BCUT2D eigenvalue weighted by molar-refractivity contribution is 9.11. The average molecular weight is 393 g/mol. The zero-order valence-corrected chi connectivity index (χ0v) is 15.2. The number of carbonyl (C=O) groups is 1. The van der Waals surface area contributed by atoms with Gasteiger partial charge in [-0.2, -0.15) is 0 Å². The van der Waals surface area contributed by atoms with Crippen LogP contribution in [-0.2, 0) is 0 Å². The van der Waals surface area contributed by atoms with Gasteiger partial charge in [0.05, 0.1) is 14.4 Å². The van der Waals surface area contributed by atoms with E-state index in [1.165, 1.54) is 11.3 Å². The summed E-state index contributed by atoms with van der Waals surface area (Å²) in [6, 6.07) is 9.81. The molecular weight excluding hydrogens is 380 g/mol. The van der Waals surface area contributed by atoms with Crippen molar-refractivity contribution in [2.45, 2.75) is 13.8 Å². The molecule has 0 aliphatic heterocycles. The van der Waals surface area contributed by atoms with Gasteiger partial charge in [0.2, 0.25) is 0 Å². The van der Waals surface area contributed by atoms with E-state index in [4.69, 9.17) is 0 Å². The van der Waals surface area contributed by atoms with Crippen molar-refractivity contribution in [2.75, 3.05) is 5.32 Å². The summed E-state index contributed by atoms with van der Waals surface area (Å²) in [7, 11) is 0. The Morgan fingerprint density at radius 3 is 2.73 bits per heavy atom. The van der Waals surface area contributed by atoms with Gasteiger partial charge in [-0.05, 0) is 53.5 Å². The normalized spacial score (nSPS) is 10.7. The van der Waals surface area contributed by atoms with E-state index in [9.17, 15) is 4.79 Å². The molecule has 0 radical (unpaired) electrons. The summed E-state index contributed by atoms with van der Waals surface area (Å²) in [6.45, 7) is 3.96. The Hall–Kier alpha value is -1.50. The van der Waals surface area contributed by atoms with Crippen LogP contribution in [0.4, 0.5) is 5.13 Å². The van der Waals surface area contributed by atoms with Gasteiger partial charge in [0.15, 0.2) is 5.13 Å². The van der Waals surface area contributed by atoms with E-state index in [-0.39, 0.29) is 5.91 Å². The second-order valence-electron chi connectivity index (χ2n) is 4.91. The number of amides is 1. The number of nitrogens with zero attached hydrogens (tertiary/aromatic N) is 1. The van der Waals surface area contributed by atoms with Crippen LogP contribution in [0.15, 0.2) is 39.5 Å². The summed E-state index contributed by atoms with van der Waals surface area (Å²) in [5.41, 5.74) is 3.68. The first kappa shape index (κ1) is 15.4. The van der Waals surface area contributed by atoms with E-state index in [0.717, 1.165) is 25.5 Å². The molecule has 0 atom stereocenters. The van der Waals surface area contributed by atoms with Gasteiger partial charge in [0.1, 0.15) is 0 Å². The maximum atomic E-state index is 12.3. The summed E-state index contributed by atoms with van der Waals surface area (Å²) < 4.78 is 1.07. The predicted molar refractivity (Wildman–Crippen MR) is 97.0 cm³/mol. The number of anilines is 1. The van der Waals surface area contributed by atoms with Crippen LogP contribution in [0.5, 0.6) is 0 Å². The van der Waals surface area contributed by atoms with Crippen molar-refractivity contribution in [3.05, 3.63) is 56.2 Å². The van der Waals surface area contributed by atoms with Gasteiger partial charge in [-0.3, -0.25) is 10.1 Å². The van der Waals surface area contributed by atoms with Crippen LogP contribution in [0.2, 0.25) is 0 Å². The molecule has 1 N–H and O–H groups in total. The third kappa shape index (κ3) is 3.29. The number of hydrogen-bond donors (Lipinski definition) is 1. The maximum absolute atomic E-state index is 12.3. The number of aromatic nitrogens is 1. The molecular formula is C16H13BrN2OS2. The lowest BCUT2D eigenvalue weighted by Gasteiger charge is -2.06. The van der Waals surface area contributed by atoms with E-state index in [0.29, 0.717) is 10.7 Å². The van der Waals surface area contributed by atoms with Gasteiger partial charge in [0.25, 0.3) is 5.91 Å². The number of halogens is 1. The number of thiophene rings is 1. The van der Waals surface area contributed by atoms with Crippen LogP contribution >= 0.6 is 38.6 Å². The molecule has 3 aromatic rings. The van der Waals surface area contributed by atoms with Crippen LogP contribution in [0.3, 0.4) is 0 Å². The summed E-state index contributed by atoms with van der Waals surface area (Å²) in [6.07, 6.45) is 0. The number of nitrogens with one attached hydrogen (secondary N) is 1. The van der Waals surface area contributed by atoms with Crippen molar-refractivity contribution in [2.24, 2.45) is 0 Å². The third-order valence-corrected chi connectivity index (χ3v) is 5.58. The maximum Gasteiger partial charge on any atom is 0.257 e. The van der Waals surface area contributed by atoms with Gasteiger partial charge in [-0.15, -0.1) is 22.7 Å². The minimum Gasteiger partial charge on any atom is -0.298 e. The van der Waals surface area contributed by atoms with Crippen LogP contribution in [0, 0.1) is 13.8 Å². The van der Waals surface area contributed by atoms with Crippen LogP contribution in [0.25, 0.3) is 10.6 Å². The van der Waals surface area contributed by atoms with Crippen molar-refractivity contribution in [1.29, 1.82) is 0 Å². The number of carbonyl (C=O) groups excluding carboxylic acids is 1. The lowest BCUT2D eigenvalue weighted by molar-refractivity contribution is 0.102. The van der Waals surface area contributed by atoms with Crippen molar-refractivity contribution >= 4 is 49.6 Å². The Kier molecular flexibility index (Phi) is 4.42. The number of aryl methyl sites for hydroxylation is 2. The monoisotopic (exact) mass is 392 g/mol. The van der Waals surface area contributed by atoms with E-state index < -0.39 is 0 Å². The highest BCUT2D eigenvalue weighted by Crippen LogP contribution is 2.33. The Morgan fingerprint density at radius 2 is 2.05 bits per heavy atom. The molecule has 112 valence electrons. The average Bonchev–Trinajstić information content (AvgIpc) is 3.07. The predicted octanol–water partition coefficient (Wildman–Crippen LogP) is 5.50. The zero-order chi connectivity index (χ0) is 15.7. The number of thiazole rings is 1. The Morgan fingerprint density at radius 1 is 1.23 bits per heavy atom. The summed E-state index contributed by atoms with van der Waals surface area (Å²) >= 11 is 6.50. The first-order valence-electron chi connectivity index (χ1n) is 6.63. The van der Waals surface area contributed by atoms with Gasteiger partial charge < -0.3 is 0 Å². The fourth-order valence-corrected chi connectivity index (χ4v) is 4.26. The molecule has 2 heterocycles. The van der Waals surface area contributed by atoms with Crippen LogP contribution in [0.1, 0.15) is 21.5 Å². The zero-order valence-electron chi connectivity index (χ0n) is 12.0. The molecule has 0 aliphatic carbocycles. The van der Waals surface area contributed by atoms with Gasteiger partial charge in [0, 0.05) is 10.9 Å². The molecule has 0 saturated heterocycles. The van der Waals surface area contributed by atoms with Crippen molar-refractivity contribution in [3.63, 3.8) is 0 Å². The molecule has 0 bridgehead atoms. The molecule has 0 fully saturated rings. The Labute approximate surface area is 145 Å². The number of rotatable bonds is 3. The summed E-state index contributed by atoms with van der Waals surface area (Å²) in [4.78, 5) is 17.9.